The van der Waals surface area contributed by atoms with Gasteiger partial charge in [0.2, 0.25) is 0 Å². The molecule has 0 radical (unpaired) electrons. The highest BCUT2D eigenvalue weighted by atomic mass is 32.2. The number of benzene rings is 1. The van der Waals surface area contributed by atoms with Crippen LogP contribution >= 0.6 is 11.8 Å². The minimum atomic E-state index is 0.264. The van der Waals surface area contributed by atoms with Crippen molar-refractivity contribution in [2.75, 3.05) is 6.26 Å². The van der Waals surface area contributed by atoms with Crippen molar-refractivity contribution in [3.8, 4) is 17.0 Å². The summed E-state index contributed by atoms with van der Waals surface area (Å²) < 4.78 is 0. The van der Waals surface area contributed by atoms with E-state index in [1.807, 2.05) is 31.4 Å². The molecule has 1 heterocycles. The van der Waals surface area contributed by atoms with Crippen molar-refractivity contribution in [1.82, 2.24) is 9.97 Å². The molecule has 1 aromatic heterocycles. The number of nitrogens with zero attached hydrogens (tertiary/aromatic N) is 2. The quantitative estimate of drug-likeness (QED) is 0.639. The molecule has 3 nitrogen and oxygen atoms in total. The molecule has 2 rings (SSSR count). The molecule has 0 aliphatic carbocycles. The van der Waals surface area contributed by atoms with E-state index in [0.717, 1.165) is 22.1 Å². The van der Waals surface area contributed by atoms with Crippen molar-refractivity contribution < 1.29 is 5.11 Å². The number of hydrogen-bond acceptors (Lipinski definition) is 4. The SMILES string of the molecule is CSc1nc(C)cc(-c2ccc(O)cc2)n1. The second-order valence-corrected chi connectivity index (χ2v) is 4.20. The van der Waals surface area contributed by atoms with Crippen LogP contribution in [0.25, 0.3) is 11.3 Å². The molecule has 0 saturated carbocycles. The molecule has 0 saturated heterocycles. The molecular formula is C12H12N2OS. The van der Waals surface area contributed by atoms with Gasteiger partial charge in [-0.05, 0) is 43.5 Å². The topological polar surface area (TPSA) is 46.0 Å². The van der Waals surface area contributed by atoms with Crippen molar-refractivity contribution in [1.29, 1.82) is 0 Å². The zero-order chi connectivity index (χ0) is 11.5. The van der Waals surface area contributed by atoms with Crippen LogP contribution in [0.3, 0.4) is 0 Å². The molecule has 0 aliphatic heterocycles. The van der Waals surface area contributed by atoms with Gasteiger partial charge in [-0.15, -0.1) is 0 Å². The number of thioether (sulfide) groups is 1. The van der Waals surface area contributed by atoms with Crippen molar-refractivity contribution in [2.45, 2.75) is 12.1 Å². The fourth-order valence-corrected chi connectivity index (χ4v) is 1.84. The summed E-state index contributed by atoms with van der Waals surface area (Å²) in [6.45, 7) is 1.95. The summed E-state index contributed by atoms with van der Waals surface area (Å²) in [6, 6.07) is 8.95. The first kappa shape index (κ1) is 11.0. The van der Waals surface area contributed by atoms with E-state index in [1.165, 1.54) is 11.8 Å². The van der Waals surface area contributed by atoms with E-state index >= 15 is 0 Å². The number of hydrogen-bond donors (Lipinski definition) is 1. The zero-order valence-electron chi connectivity index (χ0n) is 9.14. The number of phenols is 1. The van der Waals surface area contributed by atoms with Gasteiger partial charge >= 0.3 is 0 Å². The third-order valence-corrected chi connectivity index (χ3v) is 2.73. The number of rotatable bonds is 2. The molecule has 0 bridgehead atoms. The molecule has 16 heavy (non-hydrogen) atoms. The molecule has 2 aromatic rings. The van der Waals surface area contributed by atoms with Crippen LogP contribution in [0.1, 0.15) is 5.69 Å². The smallest absolute Gasteiger partial charge is 0.188 e. The zero-order valence-corrected chi connectivity index (χ0v) is 9.95. The molecule has 0 amide bonds. The summed E-state index contributed by atoms with van der Waals surface area (Å²) in [5.74, 6) is 0.264. The van der Waals surface area contributed by atoms with Crippen molar-refractivity contribution in [2.24, 2.45) is 0 Å². The lowest BCUT2D eigenvalue weighted by molar-refractivity contribution is 0.475. The third-order valence-electron chi connectivity index (χ3n) is 2.18. The normalized spacial score (nSPS) is 10.4. The highest BCUT2D eigenvalue weighted by molar-refractivity contribution is 7.98. The maximum atomic E-state index is 9.22. The summed E-state index contributed by atoms with van der Waals surface area (Å²) in [5, 5.41) is 9.99. The number of aromatic nitrogens is 2. The van der Waals surface area contributed by atoms with Crippen LogP contribution in [0.15, 0.2) is 35.5 Å². The maximum Gasteiger partial charge on any atom is 0.188 e. The Bertz CT molecular complexity index is 497. The lowest BCUT2D eigenvalue weighted by atomic mass is 10.1. The first-order valence-electron chi connectivity index (χ1n) is 4.88. The van der Waals surface area contributed by atoms with Gasteiger partial charge in [-0.2, -0.15) is 0 Å². The summed E-state index contributed by atoms with van der Waals surface area (Å²) >= 11 is 1.52. The Hall–Kier alpha value is -1.55. The summed E-state index contributed by atoms with van der Waals surface area (Å²) in [5.41, 5.74) is 2.82. The maximum absolute atomic E-state index is 9.22. The predicted molar refractivity (Wildman–Crippen MR) is 65.7 cm³/mol. The molecule has 0 spiro atoms. The summed E-state index contributed by atoms with van der Waals surface area (Å²) in [7, 11) is 0. The lowest BCUT2D eigenvalue weighted by Gasteiger charge is -2.04. The van der Waals surface area contributed by atoms with Gasteiger partial charge in [-0.3, -0.25) is 0 Å². The highest BCUT2D eigenvalue weighted by Gasteiger charge is 2.03. The second kappa shape index (κ2) is 4.53. The molecule has 0 fully saturated rings. The lowest BCUT2D eigenvalue weighted by Crippen LogP contribution is -1.92. The Balaban J connectivity index is 2.47. The van der Waals surface area contributed by atoms with E-state index in [1.54, 1.807) is 12.1 Å². The van der Waals surface area contributed by atoms with Crippen LogP contribution in [-0.4, -0.2) is 21.3 Å². The van der Waals surface area contributed by atoms with E-state index in [0.29, 0.717) is 0 Å². The molecule has 82 valence electrons. The fraction of sp³-hybridized carbons (Fsp3) is 0.167. The van der Waals surface area contributed by atoms with Gasteiger partial charge in [-0.1, -0.05) is 11.8 Å². The van der Waals surface area contributed by atoms with Gasteiger partial charge in [0, 0.05) is 11.3 Å². The van der Waals surface area contributed by atoms with Crippen molar-refractivity contribution in [3.63, 3.8) is 0 Å². The Labute approximate surface area is 98.6 Å². The van der Waals surface area contributed by atoms with E-state index in [9.17, 15) is 5.11 Å². The average Bonchev–Trinajstić information content (AvgIpc) is 2.29. The monoisotopic (exact) mass is 232 g/mol. The van der Waals surface area contributed by atoms with Crippen molar-refractivity contribution in [3.05, 3.63) is 36.0 Å². The molecule has 1 aromatic carbocycles. The minimum absolute atomic E-state index is 0.264. The first-order valence-corrected chi connectivity index (χ1v) is 6.10. The third kappa shape index (κ3) is 2.33. The van der Waals surface area contributed by atoms with E-state index in [2.05, 4.69) is 9.97 Å². The van der Waals surface area contributed by atoms with Gasteiger partial charge in [-0.25, -0.2) is 9.97 Å². The van der Waals surface area contributed by atoms with E-state index in [-0.39, 0.29) is 5.75 Å². The Morgan fingerprint density at radius 1 is 1.12 bits per heavy atom. The standard InChI is InChI=1S/C12H12N2OS/c1-8-7-11(14-12(13-8)16-2)9-3-5-10(15)6-4-9/h3-7,15H,1-2H3. The van der Waals surface area contributed by atoms with Crippen molar-refractivity contribution >= 4 is 11.8 Å². The van der Waals surface area contributed by atoms with Crippen LogP contribution in [0.2, 0.25) is 0 Å². The van der Waals surface area contributed by atoms with Gasteiger partial charge in [0.25, 0.3) is 0 Å². The minimum Gasteiger partial charge on any atom is -0.508 e. The Morgan fingerprint density at radius 3 is 2.44 bits per heavy atom. The van der Waals surface area contributed by atoms with Crippen LogP contribution in [0, 0.1) is 6.92 Å². The summed E-state index contributed by atoms with van der Waals surface area (Å²) in [6.07, 6.45) is 1.95. The largest absolute Gasteiger partial charge is 0.508 e. The molecule has 4 heteroatoms. The van der Waals surface area contributed by atoms with Crippen LogP contribution < -0.4 is 0 Å². The number of aromatic hydroxyl groups is 1. The van der Waals surface area contributed by atoms with E-state index < -0.39 is 0 Å². The van der Waals surface area contributed by atoms with Gasteiger partial charge in [0.1, 0.15) is 5.75 Å². The van der Waals surface area contributed by atoms with Crippen LogP contribution in [-0.2, 0) is 0 Å². The number of phenolic OH excluding ortho intramolecular Hbond substituents is 1. The Kier molecular flexibility index (Phi) is 3.10. The Morgan fingerprint density at radius 2 is 1.81 bits per heavy atom. The van der Waals surface area contributed by atoms with Gasteiger partial charge in [0.15, 0.2) is 5.16 Å². The van der Waals surface area contributed by atoms with E-state index in [4.69, 9.17) is 0 Å². The van der Waals surface area contributed by atoms with Crippen LogP contribution in [0.4, 0.5) is 0 Å². The second-order valence-electron chi connectivity index (χ2n) is 3.43. The fourth-order valence-electron chi connectivity index (χ4n) is 1.41. The highest BCUT2D eigenvalue weighted by Crippen LogP contribution is 2.22. The molecule has 0 unspecified atom stereocenters. The first-order chi connectivity index (χ1) is 7.69. The van der Waals surface area contributed by atoms with Gasteiger partial charge in [0.05, 0.1) is 5.69 Å². The van der Waals surface area contributed by atoms with Gasteiger partial charge < -0.3 is 5.11 Å². The van der Waals surface area contributed by atoms with Crippen LogP contribution in [0.5, 0.6) is 5.75 Å². The molecule has 0 aliphatic rings. The molecule has 1 N–H and O–H groups in total. The predicted octanol–water partition coefficient (Wildman–Crippen LogP) is 2.88. The number of aryl methyl sites for hydroxylation is 1. The summed E-state index contributed by atoms with van der Waals surface area (Å²) in [4.78, 5) is 8.72. The molecular weight excluding hydrogens is 220 g/mol. The average molecular weight is 232 g/mol. The molecule has 0 atom stereocenters.